The van der Waals surface area contributed by atoms with E-state index in [1.807, 2.05) is 22.6 Å². The third-order valence-corrected chi connectivity index (χ3v) is 0. The summed E-state index contributed by atoms with van der Waals surface area (Å²) in [5.41, 5.74) is 0. The average Bonchev–Trinajstić information content (AvgIpc) is 1.38. The molecule has 0 saturated heterocycles. The number of halogens is 1. The van der Waals surface area contributed by atoms with E-state index >= 15 is 0 Å². The zero-order valence-corrected chi connectivity index (χ0v) is 4.32. The lowest BCUT2D eigenvalue weighted by atomic mass is 10.2. The van der Waals surface area contributed by atoms with Gasteiger partial charge in [-0.2, -0.15) is 0 Å². The molecule has 0 amide bonds. The van der Waals surface area contributed by atoms with Gasteiger partial charge in [-0.3, -0.25) is 0 Å². The summed E-state index contributed by atoms with van der Waals surface area (Å²) < 4.78 is 7.19. The quantitative estimate of drug-likeness (QED) is 0.400. The van der Waals surface area contributed by atoms with Gasteiger partial charge < -0.3 is 0 Å². The fraction of sp³-hybridized carbons (Fsp3) is 0. The summed E-state index contributed by atoms with van der Waals surface area (Å²) in [6, 6.07) is 0. The predicted molar refractivity (Wildman–Crippen MR) is 30.3 cm³/mol. The summed E-state index contributed by atoms with van der Waals surface area (Å²) in [7, 11) is 1.21. The third kappa shape index (κ3) is 20.9. The van der Waals surface area contributed by atoms with E-state index in [4.69, 9.17) is 1.34 Å². The Hall–Kier alpha value is 0.535. The van der Waals surface area contributed by atoms with Gasteiger partial charge in [0.05, 0.1) is 0 Å². The fourth-order valence-corrected chi connectivity index (χ4v) is 0. The van der Waals surface area contributed by atoms with Gasteiger partial charge in [0, 0.05) is 0 Å². The molecule has 0 heterocycles. The van der Waals surface area contributed by atoms with E-state index in [-0.39, 0.29) is 0 Å². The summed E-state index contributed by atoms with van der Waals surface area (Å²) in [6.45, 7) is 3.42. The maximum Gasteiger partial charge on any atom is 0.137 e. The number of hydrogen-bond acceptors (Lipinski definition) is 0. The molecular weight excluding hydrogens is 162 g/mol. The van der Waals surface area contributed by atoms with Crippen LogP contribution in [-0.2, 0) is 0 Å². The van der Waals surface area contributed by atoms with Gasteiger partial charge in [0.15, 0.2) is 0 Å². The molecule has 0 aromatic rings. The molecule has 0 saturated carbocycles. The van der Waals surface area contributed by atoms with Gasteiger partial charge in [-0.1, -0.05) is 32.6 Å². The molecule has 2 heteroatoms. The molecule has 0 aliphatic rings. The van der Waals surface area contributed by atoms with Crippen molar-refractivity contribution in [1.82, 2.24) is 0 Å². The highest BCUT2D eigenvalue weighted by atomic mass is 127. The molecule has 0 fully saturated rings. The highest BCUT2D eigenvalue weighted by molar-refractivity contribution is 14.1. The lowest BCUT2D eigenvalue weighted by Gasteiger charge is -1.61. The lowest BCUT2D eigenvalue weighted by molar-refractivity contribution is 2.58. The molecule has 4 heavy (non-hydrogen) atoms. The Morgan fingerprint density at radius 2 is 2.75 bits per heavy atom. The molecule has 1 radical (unpaired) electrons. The van der Waals surface area contributed by atoms with Crippen molar-refractivity contribution in [2.24, 2.45) is 0 Å². The lowest BCUT2D eigenvalue weighted by Crippen LogP contribution is -1.48. The van der Waals surface area contributed by atoms with Gasteiger partial charge in [-0.25, -0.2) is 0 Å². The van der Waals surface area contributed by atoms with Crippen LogP contribution in [0.2, 0.25) is 0 Å². The second-order valence-electron chi connectivity index (χ2n) is 0.447. The summed E-state index contributed by atoms with van der Waals surface area (Å²) >= 11 is 1.97. The molecule has 0 atom stereocenters. The van der Waals surface area contributed by atoms with Crippen molar-refractivity contribution >= 4 is 30.4 Å². The van der Waals surface area contributed by atoms with E-state index in [1.54, 1.807) is 0 Å². The summed E-state index contributed by atoms with van der Waals surface area (Å²) in [5, 5.41) is 0. The highest BCUT2D eigenvalue weighted by Gasteiger charge is 1.56. The summed E-state index contributed by atoms with van der Waals surface area (Å²) in [5.74, 6) is 0. The minimum absolute atomic E-state index is 0.766. The molecule has 0 spiro atoms. The maximum absolute atomic E-state index is 6.43. The number of hydrogen-bond donors (Lipinski definition) is 0. The van der Waals surface area contributed by atoms with Gasteiger partial charge >= 0.3 is 0 Å². The SMILES string of the molecule is [3H][B]C(=C)I. The van der Waals surface area contributed by atoms with E-state index in [0.29, 0.717) is 0 Å². The van der Waals surface area contributed by atoms with Crippen LogP contribution in [0.25, 0.3) is 0 Å². The van der Waals surface area contributed by atoms with Crippen LogP contribution >= 0.6 is 22.6 Å². The van der Waals surface area contributed by atoms with Gasteiger partial charge in [0.25, 0.3) is 0 Å². The van der Waals surface area contributed by atoms with Gasteiger partial charge in [0.1, 0.15) is 7.81 Å². The van der Waals surface area contributed by atoms with Crippen LogP contribution in [0.15, 0.2) is 10.1 Å². The molecule has 0 rings (SSSR count). The Morgan fingerprint density at radius 1 is 2.50 bits per heavy atom. The summed E-state index contributed by atoms with van der Waals surface area (Å²) in [6.07, 6.45) is 0. The largest absolute Gasteiger partial charge is 0.137 e. The van der Waals surface area contributed by atoms with Crippen molar-refractivity contribution in [3.63, 3.8) is 0 Å². The van der Waals surface area contributed by atoms with Crippen LogP contribution in [0.5, 0.6) is 0 Å². The maximum atomic E-state index is 6.43. The molecular formula is C2H3BI. The second kappa shape index (κ2) is 1.82. The first kappa shape index (κ1) is 2.76. The Morgan fingerprint density at radius 3 is 2.75 bits per heavy atom. The summed E-state index contributed by atoms with van der Waals surface area (Å²) in [4.78, 5) is 0. The molecule has 0 aliphatic carbocycles. The highest BCUT2D eigenvalue weighted by Crippen LogP contribution is 1.89. The van der Waals surface area contributed by atoms with E-state index in [9.17, 15) is 0 Å². The average molecular weight is 167 g/mol. The van der Waals surface area contributed by atoms with Crippen molar-refractivity contribution in [1.29, 1.82) is 1.34 Å². The normalized spacial score (nSPS) is 8.75. The number of rotatable bonds is 1. The van der Waals surface area contributed by atoms with Crippen molar-refractivity contribution in [3.05, 3.63) is 10.1 Å². The van der Waals surface area contributed by atoms with Crippen molar-refractivity contribution in [2.75, 3.05) is 0 Å². The van der Waals surface area contributed by atoms with Crippen LogP contribution in [0.3, 0.4) is 0 Å². The monoisotopic (exact) mass is 167 g/mol. The fourth-order valence-electron chi connectivity index (χ4n) is 0. The van der Waals surface area contributed by atoms with E-state index in [1.165, 1.54) is 7.81 Å². The topological polar surface area (TPSA) is 0 Å². The first-order valence-electron chi connectivity index (χ1n) is 1.41. The predicted octanol–water partition coefficient (Wildman–Crippen LogP) is 0.793. The molecule has 21 valence electrons. The van der Waals surface area contributed by atoms with Crippen LogP contribution < -0.4 is 0 Å². The van der Waals surface area contributed by atoms with Crippen LogP contribution in [0.1, 0.15) is 0 Å². The zero-order chi connectivity index (χ0) is 4.28. The van der Waals surface area contributed by atoms with E-state index < -0.39 is 0 Å². The Kier molecular flexibility index (Phi) is 1.25. The molecule has 0 aromatic carbocycles. The molecule has 0 aliphatic heterocycles. The van der Waals surface area contributed by atoms with E-state index in [2.05, 4.69) is 6.58 Å². The van der Waals surface area contributed by atoms with Crippen molar-refractivity contribution < 1.29 is 0 Å². The zero-order valence-electron chi connectivity index (χ0n) is 3.16. The molecule has 0 bridgehead atoms. The Balaban J connectivity index is 2.85. The van der Waals surface area contributed by atoms with Crippen LogP contribution in [0, 0.1) is 0 Å². The standard InChI is InChI=1S/C2H3BI/c1-2(3)4/h3H,1H2/i3T. The molecule has 0 nitrogen and oxygen atoms in total. The second-order valence-corrected chi connectivity index (χ2v) is 1.83. The first-order valence-corrected chi connectivity index (χ1v) is 1.91. The van der Waals surface area contributed by atoms with Crippen molar-refractivity contribution in [3.8, 4) is 0 Å². The first-order chi connectivity index (χ1) is 2.27. The smallest absolute Gasteiger partial charge is 0.0999 e. The molecule has 0 N–H and O–H groups in total. The van der Waals surface area contributed by atoms with Gasteiger partial charge in [0.2, 0.25) is 0 Å². The van der Waals surface area contributed by atoms with E-state index in [0.717, 1.165) is 3.48 Å². The van der Waals surface area contributed by atoms with Crippen LogP contribution in [0.4, 0.5) is 0 Å². The Bertz CT molecular complexity index is 44.9. The third-order valence-electron chi connectivity index (χ3n) is 0. The minimum Gasteiger partial charge on any atom is -0.0999 e. The van der Waals surface area contributed by atoms with Crippen molar-refractivity contribution in [2.45, 2.75) is 0 Å². The minimum atomic E-state index is 0.766. The Labute approximate surface area is 42.2 Å². The molecule has 0 unspecified atom stereocenters. The van der Waals surface area contributed by atoms with Gasteiger partial charge in [-0.05, 0) is 1.34 Å². The molecule has 0 aromatic heterocycles. The van der Waals surface area contributed by atoms with Crippen LogP contribution in [-0.4, -0.2) is 9.15 Å². The van der Waals surface area contributed by atoms with Gasteiger partial charge in [-0.15, -0.1) is 0 Å².